The van der Waals surface area contributed by atoms with E-state index < -0.39 is 0 Å². The summed E-state index contributed by atoms with van der Waals surface area (Å²) in [5.74, 6) is 0. The van der Waals surface area contributed by atoms with Crippen LogP contribution in [0.25, 0.3) is 21.5 Å². The molecule has 1 aliphatic carbocycles. The fourth-order valence-corrected chi connectivity index (χ4v) is 2.65. The molecule has 0 amide bonds. The number of fused-ring (bicyclic) bond motifs is 3. The first-order valence-electron chi connectivity index (χ1n) is 7.54. The fourth-order valence-electron chi connectivity index (χ4n) is 2.65. The van der Waals surface area contributed by atoms with Crippen molar-refractivity contribution in [2.24, 2.45) is 0 Å². The molecular formula is C22H26Cl2OSiZr-4. The zero-order valence-corrected chi connectivity index (χ0v) is 20.8. The number of aliphatic hydroxyl groups excluding tert-OH is 1. The quantitative estimate of drug-likeness (QED) is 0.334. The molecule has 5 heteroatoms. The minimum absolute atomic E-state index is 0. The van der Waals surface area contributed by atoms with Gasteiger partial charge in [0.05, 0.1) is 0 Å². The first kappa shape index (κ1) is 31.1. The maximum Gasteiger partial charge on any atom is -0.0771 e. The molecule has 0 heterocycles. The molecular weight excluding hydrogens is 470 g/mol. The Labute approximate surface area is 193 Å². The third-order valence-corrected chi connectivity index (χ3v) is 3.67. The Kier molecular flexibility index (Phi) is 20.2. The van der Waals surface area contributed by atoms with Crippen molar-refractivity contribution in [3.05, 3.63) is 93.3 Å². The Morgan fingerprint density at radius 3 is 1.81 bits per heavy atom. The Balaban J connectivity index is -0.000000368. The largest absolute Gasteiger partial charge is 0.126 e. The molecule has 1 N–H and O–H groups in total. The minimum atomic E-state index is 0. The van der Waals surface area contributed by atoms with Crippen LogP contribution in [0.3, 0.4) is 0 Å². The normalized spacial score (nSPS) is 10.4. The molecule has 1 nitrogen and oxygen atoms in total. The van der Waals surface area contributed by atoms with Gasteiger partial charge in [-0.3, -0.25) is 6.08 Å². The summed E-state index contributed by atoms with van der Waals surface area (Å²) in [4.78, 5) is 0. The number of halogens is 2. The van der Waals surface area contributed by atoms with Crippen LogP contribution in [0.5, 0.6) is 0 Å². The molecule has 4 rings (SSSR count). The summed E-state index contributed by atoms with van der Waals surface area (Å²) in [5.41, 5.74) is 1.15. The number of hydrogen-bond acceptors (Lipinski definition) is 1. The van der Waals surface area contributed by atoms with Gasteiger partial charge in [0.2, 0.25) is 0 Å². The van der Waals surface area contributed by atoms with Crippen molar-refractivity contribution in [3.63, 3.8) is 0 Å². The van der Waals surface area contributed by atoms with E-state index in [-0.39, 0.29) is 46.3 Å². The SMILES string of the molecule is Cl.Cl.OCCC1=[C-]CC=C1.[CH3-].[CH3-].[Si]=[Zr].c1ccc2c(c1)[cH-]c1ccccc12. The number of rotatable bonds is 2. The van der Waals surface area contributed by atoms with Crippen molar-refractivity contribution in [2.45, 2.75) is 12.8 Å². The summed E-state index contributed by atoms with van der Waals surface area (Å²) in [6.07, 6.45) is 8.85. The number of benzene rings is 2. The van der Waals surface area contributed by atoms with Crippen molar-refractivity contribution >= 4 is 53.2 Å². The van der Waals surface area contributed by atoms with Crippen molar-refractivity contribution in [2.75, 3.05) is 6.61 Å². The van der Waals surface area contributed by atoms with Gasteiger partial charge in [0.15, 0.2) is 0 Å². The van der Waals surface area contributed by atoms with Crippen molar-refractivity contribution in [1.82, 2.24) is 0 Å². The van der Waals surface area contributed by atoms with Crippen LogP contribution in [-0.2, 0) is 23.3 Å². The summed E-state index contributed by atoms with van der Waals surface area (Å²) in [7, 11) is 0. The number of hydrogen-bond donors (Lipinski definition) is 1. The molecule has 146 valence electrons. The van der Waals surface area contributed by atoms with Gasteiger partial charge in [-0.1, -0.05) is 36.4 Å². The second-order valence-corrected chi connectivity index (χ2v) is 5.10. The van der Waals surface area contributed by atoms with E-state index in [0.717, 1.165) is 18.4 Å². The zero-order chi connectivity index (χ0) is 16.5. The van der Waals surface area contributed by atoms with Crippen molar-refractivity contribution in [3.8, 4) is 0 Å². The number of allylic oxidation sites excluding steroid dienone is 3. The molecule has 2 radical (unpaired) electrons. The van der Waals surface area contributed by atoms with Gasteiger partial charge in [-0.05, 0) is 6.42 Å². The molecule has 27 heavy (non-hydrogen) atoms. The van der Waals surface area contributed by atoms with Crippen LogP contribution in [0.4, 0.5) is 0 Å². The van der Waals surface area contributed by atoms with E-state index in [4.69, 9.17) is 5.11 Å². The number of aliphatic hydroxyl groups is 1. The molecule has 3 aromatic carbocycles. The van der Waals surface area contributed by atoms with Crippen molar-refractivity contribution < 1.29 is 28.4 Å². The predicted octanol–water partition coefficient (Wildman–Crippen LogP) is 6.13. The Morgan fingerprint density at radius 2 is 1.41 bits per heavy atom. The topological polar surface area (TPSA) is 20.2 Å². The van der Waals surface area contributed by atoms with E-state index in [0.29, 0.717) is 0 Å². The van der Waals surface area contributed by atoms with E-state index in [1.807, 2.05) is 12.2 Å². The molecule has 0 aliphatic heterocycles. The first-order chi connectivity index (χ1) is 11.4. The summed E-state index contributed by atoms with van der Waals surface area (Å²) >= 11 is 1.36. The monoisotopic (exact) mass is 494 g/mol. The summed E-state index contributed by atoms with van der Waals surface area (Å²) in [5, 5.41) is 13.8. The second kappa shape index (κ2) is 17.5. The van der Waals surface area contributed by atoms with Gasteiger partial charge in [-0.15, -0.1) is 71.0 Å². The van der Waals surface area contributed by atoms with E-state index in [2.05, 4.69) is 67.6 Å². The smallest absolute Gasteiger partial charge is 0.0771 e. The van der Waals surface area contributed by atoms with Gasteiger partial charge in [0, 0.05) is 6.61 Å². The van der Waals surface area contributed by atoms with Gasteiger partial charge in [0.1, 0.15) is 0 Å². The Bertz CT molecular complexity index is 777. The molecule has 0 fully saturated rings. The summed E-state index contributed by atoms with van der Waals surface area (Å²) in [6.45, 7) is 3.30. The Hall–Kier alpha value is -0.570. The van der Waals surface area contributed by atoms with Crippen LogP contribution in [0.1, 0.15) is 12.8 Å². The van der Waals surface area contributed by atoms with Gasteiger partial charge in [-0.25, -0.2) is 11.6 Å². The minimum Gasteiger partial charge on any atom is -0.126 e. The van der Waals surface area contributed by atoms with Crippen LogP contribution in [0.2, 0.25) is 0 Å². The molecule has 0 unspecified atom stereocenters. The maximum absolute atomic E-state index is 8.43. The summed E-state index contributed by atoms with van der Waals surface area (Å²) < 4.78 is 0. The Morgan fingerprint density at radius 1 is 0.926 bits per heavy atom. The molecule has 0 saturated carbocycles. The third kappa shape index (κ3) is 8.98. The molecule has 1 aliphatic rings. The van der Waals surface area contributed by atoms with Gasteiger partial charge < -0.3 is 20.0 Å². The van der Waals surface area contributed by atoms with Crippen LogP contribution >= 0.6 is 24.8 Å². The third-order valence-electron chi connectivity index (χ3n) is 3.67. The van der Waals surface area contributed by atoms with Crippen LogP contribution in [-0.4, -0.2) is 18.6 Å². The van der Waals surface area contributed by atoms with Gasteiger partial charge in [-0.2, -0.15) is 6.08 Å². The molecule has 0 bridgehead atoms. The first-order valence-corrected chi connectivity index (χ1v) is 11.7. The molecule has 0 saturated heterocycles. The van der Waals surface area contributed by atoms with Crippen LogP contribution in [0, 0.1) is 20.9 Å². The standard InChI is InChI=1S/C13H9.C7H9O.2CH3.2ClH.Si.Zr/c1-3-7-12-10(5-1)9-11-6-2-4-8-13(11)12;8-6-5-7-3-1-2-4-7;;;;;;/h1-9H;1,3,8H,2,5-6H2;2*1H3;2*1H;;/q4*-1;;;;. The molecule has 0 spiro atoms. The van der Waals surface area contributed by atoms with Crippen LogP contribution in [0.15, 0.2) is 72.3 Å². The summed E-state index contributed by atoms with van der Waals surface area (Å²) in [6, 6.07) is 19.3. The van der Waals surface area contributed by atoms with Crippen molar-refractivity contribution in [1.29, 1.82) is 0 Å². The maximum atomic E-state index is 8.43. The molecule has 3 aromatic rings. The average Bonchev–Trinajstić information content (AvgIpc) is 3.25. The van der Waals surface area contributed by atoms with E-state index in [1.165, 1.54) is 44.9 Å². The zero-order valence-electron chi connectivity index (χ0n) is 15.7. The second-order valence-electron chi connectivity index (χ2n) is 5.10. The fraction of sp³-hybridized carbons (Fsp3) is 0.136. The van der Waals surface area contributed by atoms with E-state index in [1.54, 1.807) is 0 Å². The van der Waals surface area contributed by atoms with Gasteiger partial charge in [0.25, 0.3) is 0 Å². The predicted molar refractivity (Wildman–Crippen MR) is 122 cm³/mol. The van der Waals surface area contributed by atoms with E-state index >= 15 is 0 Å². The molecule has 0 aromatic heterocycles. The molecule has 0 atom stereocenters. The van der Waals surface area contributed by atoms with Gasteiger partial charge >= 0.3 is 30.2 Å². The average molecular weight is 497 g/mol. The van der Waals surface area contributed by atoms with Crippen LogP contribution < -0.4 is 0 Å². The van der Waals surface area contributed by atoms with E-state index in [9.17, 15) is 0 Å².